The van der Waals surface area contributed by atoms with Crippen LogP contribution in [0.3, 0.4) is 0 Å². The van der Waals surface area contributed by atoms with E-state index >= 15 is 0 Å². The maximum Gasteiger partial charge on any atom is 0.272 e. The Labute approximate surface area is 176 Å². The van der Waals surface area contributed by atoms with Gasteiger partial charge in [0, 0.05) is 33.5 Å². The Balaban J connectivity index is 0.000000461. The van der Waals surface area contributed by atoms with Crippen molar-refractivity contribution in [3.05, 3.63) is 70.1 Å². The first-order valence-electron chi connectivity index (χ1n) is 8.82. The van der Waals surface area contributed by atoms with Crippen molar-refractivity contribution >= 4 is 55.1 Å². The lowest BCUT2D eigenvalue weighted by atomic mass is 10.1. The molecule has 2 heterocycles. The Bertz CT molecular complexity index is 1390. The van der Waals surface area contributed by atoms with E-state index in [0.717, 1.165) is 0 Å². The number of carbonyl (C=O) groups is 1. The third-order valence-corrected chi connectivity index (χ3v) is 5.79. The van der Waals surface area contributed by atoms with E-state index < -0.39 is 16.0 Å². The van der Waals surface area contributed by atoms with Gasteiger partial charge in [0.15, 0.2) is 0 Å². The summed E-state index contributed by atoms with van der Waals surface area (Å²) in [5.41, 5.74) is 1.10. The standard InChI is InChI=1S/C17H12ClN3O3S.C3H6O2/c18-10-2-1-3-11(8-10)21-25(23,24)12-4-5-15-14(9-12)13-6-7-19-16(13)17(22)20-15;1-2-3(4)5/h1-9,19,21H,(H,20,22);2H2,1H3,(H,4,5)/p-1. The van der Waals surface area contributed by atoms with E-state index in [2.05, 4.69) is 14.7 Å². The first-order valence-corrected chi connectivity index (χ1v) is 10.7. The van der Waals surface area contributed by atoms with Gasteiger partial charge in [-0.25, -0.2) is 8.42 Å². The minimum atomic E-state index is -3.79. The van der Waals surface area contributed by atoms with Gasteiger partial charge >= 0.3 is 0 Å². The zero-order valence-corrected chi connectivity index (χ0v) is 17.3. The number of aromatic amines is 2. The number of benzene rings is 2. The molecular weight excluding hydrogens is 430 g/mol. The summed E-state index contributed by atoms with van der Waals surface area (Å²) in [7, 11) is -3.79. The predicted octanol–water partition coefficient (Wildman–Crippen LogP) is 2.61. The summed E-state index contributed by atoms with van der Waals surface area (Å²) in [6.45, 7) is 1.54. The van der Waals surface area contributed by atoms with Crippen molar-refractivity contribution in [3.63, 3.8) is 0 Å². The van der Waals surface area contributed by atoms with Gasteiger partial charge in [-0.2, -0.15) is 0 Å². The van der Waals surface area contributed by atoms with Crippen molar-refractivity contribution in [2.75, 3.05) is 4.72 Å². The van der Waals surface area contributed by atoms with Crippen LogP contribution in [-0.4, -0.2) is 24.4 Å². The van der Waals surface area contributed by atoms with E-state index in [1.807, 2.05) is 0 Å². The topological polar surface area (TPSA) is 135 Å². The van der Waals surface area contributed by atoms with Crippen LogP contribution < -0.4 is 15.4 Å². The molecule has 30 heavy (non-hydrogen) atoms. The molecule has 0 spiro atoms. The number of sulfonamides is 1. The smallest absolute Gasteiger partial charge is 0.272 e. The first kappa shape index (κ1) is 21.4. The van der Waals surface area contributed by atoms with Gasteiger partial charge in [0.2, 0.25) is 0 Å². The molecule has 0 saturated heterocycles. The third kappa shape index (κ3) is 4.64. The summed E-state index contributed by atoms with van der Waals surface area (Å²) in [5.74, 6) is -0.995. The zero-order valence-electron chi connectivity index (χ0n) is 15.7. The van der Waals surface area contributed by atoms with Crippen molar-refractivity contribution in [2.24, 2.45) is 0 Å². The molecule has 0 bridgehead atoms. The van der Waals surface area contributed by atoms with E-state index in [1.54, 1.807) is 36.5 Å². The first-order chi connectivity index (χ1) is 14.2. The van der Waals surface area contributed by atoms with E-state index in [4.69, 9.17) is 11.6 Å². The third-order valence-electron chi connectivity index (χ3n) is 4.18. The molecule has 0 aliphatic heterocycles. The van der Waals surface area contributed by atoms with Gasteiger partial charge in [-0.15, -0.1) is 0 Å². The minimum Gasteiger partial charge on any atom is -0.550 e. The fourth-order valence-corrected chi connectivity index (χ4v) is 4.02. The summed E-state index contributed by atoms with van der Waals surface area (Å²) in [4.78, 5) is 26.9. The van der Waals surface area contributed by atoms with Crippen LogP contribution in [0.15, 0.2) is 64.4 Å². The lowest BCUT2D eigenvalue weighted by molar-refractivity contribution is -0.305. The number of rotatable bonds is 4. The summed E-state index contributed by atoms with van der Waals surface area (Å²) < 4.78 is 27.8. The fourth-order valence-electron chi connectivity index (χ4n) is 2.75. The summed E-state index contributed by atoms with van der Waals surface area (Å²) in [6.07, 6.45) is 1.75. The summed E-state index contributed by atoms with van der Waals surface area (Å²) in [5, 5.41) is 11.0. The van der Waals surface area contributed by atoms with Gasteiger partial charge in [-0.05, 0) is 48.9 Å². The molecule has 8 nitrogen and oxygen atoms in total. The molecule has 0 aliphatic rings. The highest BCUT2D eigenvalue weighted by atomic mass is 35.5. The van der Waals surface area contributed by atoms with Crippen molar-refractivity contribution in [1.82, 2.24) is 9.97 Å². The average molecular weight is 447 g/mol. The largest absolute Gasteiger partial charge is 0.550 e. The molecular formula is C20H17ClN3O5S-. The fraction of sp³-hybridized carbons (Fsp3) is 0.100. The molecule has 0 aliphatic carbocycles. The van der Waals surface area contributed by atoms with Crippen LogP contribution in [0.4, 0.5) is 5.69 Å². The number of aromatic nitrogens is 2. The van der Waals surface area contributed by atoms with E-state index in [9.17, 15) is 23.1 Å². The van der Waals surface area contributed by atoms with Crippen molar-refractivity contribution in [2.45, 2.75) is 18.2 Å². The van der Waals surface area contributed by atoms with Crippen LogP contribution in [0.2, 0.25) is 5.02 Å². The van der Waals surface area contributed by atoms with Gasteiger partial charge in [0.25, 0.3) is 15.6 Å². The van der Waals surface area contributed by atoms with Crippen LogP contribution in [-0.2, 0) is 14.8 Å². The second-order valence-corrected chi connectivity index (χ2v) is 8.39. The highest BCUT2D eigenvalue weighted by Crippen LogP contribution is 2.25. The molecule has 4 aromatic rings. The second kappa shape index (κ2) is 8.60. The second-order valence-electron chi connectivity index (χ2n) is 6.27. The zero-order chi connectivity index (χ0) is 21.9. The average Bonchev–Trinajstić information content (AvgIpc) is 3.19. The number of halogens is 1. The maximum atomic E-state index is 12.7. The van der Waals surface area contributed by atoms with Crippen LogP contribution in [0.1, 0.15) is 13.3 Å². The van der Waals surface area contributed by atoms with E-state index in [-0.39, 0.29) is 16.9 Å². The number of anilines is 1. The number of aliphatic carboxylic acids is 1. The van der Waals surface area contributed by atoms with Crippen LogP contribution >= 0.6 is 11.6 Å². The highest BCUT2D eigenvalue weighted by molar-refractivity contribution is 7.92. The monoisotopic (exact) mass is 446 g/mol. The molecule has 156 valence electrons. The predicted molar refractivity (Wildman–Crippen MR) is 114 cm³/mol. The van der Waals surface area contributed by atoms with Crippen molar-refractivity contribution in [1.29, 1.82) is 0 Å². The highest BCUT2D eigenvalue weighted by Gasteiger charge is 2.16. The van der Waals surface area contributed by atoms with Gasteiger partial charge in [-0.3, -0.25) is 9.52 Å². The van der Waals surface area contributed by atoms with Gasteiger partial charge < -0.3 is 19.9 Å². The molecule has 10 heteroatoms. The number of hydrogen-bond acceptors (Lipinski definition) is 5. The molecule has 0 fully saturated rings. The number of pyridine rings is 1. The number of carboxylic acid groups (broad SMARTS) is 1. The summed E-state index contributed by atoms with van der Waals surface area (Å²) >= 11 is 5.89. The minimum absolute atomic E-state index is 0.0922. The molecule has 2 aromatic carbocycles. The Morgan fingerprint density at radius 3 is 2.53 bits per heavy atom. The lowest BCUT2D eigenvalue weighted by Crippen LogP contribution is -2.19. The molecule has 4 rings (SSSR count). The van der Waals surface area contributed by atoms with Crippen molar-refractivity contribution < 1.29 is 18.3 Å². The number of carbonyl (C=O) groups excluding carboxylic acids is 1. The number of carboxylic acids is 1. The lowest BCUT2D eigenvalue weighted by Gasteiger charge is -2.09. The normalized spacial score (nSPS) is 11.1. The number of nitrogens with one attached hydrogen (secondary N) is 3. The Hall–Kier alpha value is -3.30. The van der Waals surface area contributed by atoms with E-state index in [0.29, 0.717) is 32.5 Å². The molecule has 0 unspecified atom stereocenters. The Morgan fingerprint density at radius 2 is 1.87 bits per heavy atom. The Morgan fingerprint density at radius 1 is 1.13 bits per heavy atom. The molecule has 3 N–H and O–H groups in total. The van der Waals surface area contributed by atoms with Crippen molar-refractivity contribution in [3.8, 4) is 0 Å². The van der Waals surface area contributed by atoms with Gasteiger partial charge in [0.1, 0.15) is 5.52 Å². The molecule has 0 atom stereocenters. The molecule has 0 saturated carbocycles. The van der Waals surface area contributed by atoms with E-state index in [1.165, 1.54) is 25.1 Å². The van der Waals surface area contributed by atoms with Crippen LogP contribution in [0.5, 0.6) is 0 Å². The molecule has 0 radical (unpaired) electrons. The molecule has 0 amide bonds. The Kier molecular flexibility index (Phi) is 6.14. The number of hydrogen-bond donors (Lipinski definition) is 3. The number of H-pyrrole nitrogens is 2. The quantitative estimate of drug-likeness (QED) is 0.442. The van der Waals surface area contributed by atoms with Gasteiger partial charge in [-0.1, -0.05) is 24.6 Å². The molecule has 2 aromatic heterocycles. The maximum absolute atomic E-state index is 12.7. The number of fused-ring (bicyclic) bond motifs is 3. The SMILES string of the molecule is CCC(=O)[O-].O=c1[nH]c2ccc(S(=O)(=O)Nc3cccc(Cl)c3)cc2c2cc[nH]c12. The summed E-state index contributed by atoms with van der Waals surface area (Å²) in [6, 6.07) is 12.8. The van der Waals surface area contributed by atoms with Crippen LogP contribution in [0.25, 0.3) is 21.8 Å². The van der Waals surface area contributed by atoms with Crippen LogP contribution in [0, 0.1) is 0 Å². The van der Waals surface area contributed by atoms with Gasteiger partial charge in [0.05, 0.1) is 10.6 Å².